The second-order valence-corrected chi connectivity index (χ2v) is 9.27. The molecule has 1 N–H and O–H groups in total. The minimum atomic E-state index is -2.88. The summed E-state index contributed by atoms with van der Waals surface area (Å²) in [4.78, 5) is 23.2. The molecule has 2 aliphatic heterocycles. The van der Waals surface area contributed by atoms with E-state index in [9.17, 15) is 23.1 Å². The van der Waals surface area contributed by atoms with Crippen LogP contribution in [0.5, 0.6) is 0 Å². The van der Waals surface area contributed by atoms with Crippen LogP contribution in [-0.2, 0) is 9.53 Å². The van der Waals surface area contributed by atoms with Crippen molar-refractivity contribution in [2.45, 2.75) is 24.6 Å². The van der Waals surface area contributed by atoms with E-state index in [4.69, 9.17) is 21.3 Å². The number of amidine groups is 1. The van der Waals surface area contributed by atoms with Gasteiger partial charge in [0, 0.05) is 46.1 Å². The zero-order valence-corrected chi connectivity index (χ0v) is 19.6. The van der Waals surface area contributed by atoms with Crippen LogP contribution >= 0.6 is 22.9 Å². The normalized spacial score (nSPS) is 22.0. The Labute approximate surface area is 205 Å². The van der Waals surface area contributed by atoms with E-state index in [0.717, 1.165) is 19.4 Å². The lowest BCUT2D eigenvalue weighted by Gasteiger charge is -2.32. The molecule has 182 valence electrons. The van der Waals surface area contributed by atoms with E-state index >= 15 is 0 Å². The fourth-order valence-electron chi connectivity index (χ4n) is 4.30. The first kappa shape index (κ1) is 23.5. The van der Waals surface area contributed by atoms with Crippen molar-refractivity contribution in [3.63, 3.8) is 0 Å². The third kappa shape index (κ3) is 4.01. The maximum atomic E-state index is 13.8. The van der Waals surface area contributed by atoms with Crippen molar-refractivity contribution >= 4 is 40.3 Å². The zero-order chi connectivity index (χ0) is 24.9. The SMILES string of the molecule is COC(=O)[C@@]1(O)CC2=C(c3ccn(C(F)F)n3)[C@H](c3ccc(F)cc3Cl)N=C(c3nccs3)N2C1. The van der Waals surface area contributed by atoms with Gasteiger partial charge in [0.2, 0.25) is 0 Å². The number of aliphatic imine (C=N–C) groups is 1. The van der Waals surface area contributed by atoms with Gasteiger partial charge in [-0.15, -0.1) is 11.3 Å². The van der Waals surface area contributed by atoms with Crippen LogP contribution in [0.25, 0.3) is 5.57 Å². The maximum Gasteiger partial charge on any atom is 0.340 e. The van der Waals surface area contributed by atoms with Gasteiger partial charge in [-0.2, -0.15) is 13.9 Å². The topological polar surface area (TPSA) is 92.8 Å². The molecule has 13 heteroatoms. The van der Waals surface area contributed by atoms with E-state index in [1.165, 1.54) is 29.5 Å². The Bertz CT molecular complexity index is 1360. The predicted octanol–water partition coefficient (Wildman–Crippen LogP) is 4.05. The molecule has 0 saturated carbocycles. The van der Waals surface area contributed by atoms with Gasteiger partial charge >= 0.3 is 12.5 Å². The van der Waals surface area contributed by atoms with Gasteiger partial charge in [0.15, 0.2) is 16.4 Å². The van der Waals surface area contributed by atoms with Gasteiger partial charge < -0.3 is 14.7 Å². The standard InChI is InChI=1S/C22H17ClF3N5O3S/c1-34-20(32)22(33)9-15-16(14-4-6-31(29-14)21(25)26)17(12-3-2-11(24)8-13(12)23)28-18(30(15)10-22)19-27-5-7-35-19/h2-8,17,21,33H,9-10H2,1H3/t17-,22+/m0/s1. The average molecular weight is 524 g/mol. The summed E-state index contributed by atoms with van der Waals surface area (Å²) < 4.78 is 45.8. The van der Waals surface area contributed by atoms with Gasteiger partial charge in [0.25, 0.3) is 0 Å². The fraction of sp³-hybridized carbons (Fsp3) is 0.273. The number of halogens is 4. The van der Waals surface area contributed by atoms with Gasteiger partial charge in [-0.25, -0.2) is 18.9 Å². The van der Waals surface area contributed by atoms with E-state index in [0.29, 0.717) is 32.4 Å². The first-order chi connectivity index (χ1) is 16.7. The Morgan fingerprint density at radius 1 is 1.37 bits per heavy atom. The molecule has 1 saturated heterocycles. The zero-order valence-electron chi connectivity index (χ0n) is 18.0. The molecule has 2 aliphatic rings. The largest absolute Gasteiger partial charge is 0.467 e. The number of carbonyl (C=O) groups excluding carboxylic acids is 1. The molecule has 0 amide bonds. The van der Waals surface area contributed by atoms with Gasteiger partial charge in [-0.3, -0.25) is 4.99 Å². The molecular weight excluding hydrogens is 507 g/mol. The number of carbonyl (C=O) groups is 1. The van der Waals surface area contributed by atoms with Crippen molar-refractivity contribution in [2.75, 3.05) is 13.7 Å². The molecule has 8 nitrogen and oxygen atoms in total. The Hall–Kier alpha value is -3.22. The minimum Gasteiger partial charge on any atom is -0.467 e. The monoisotopic (exact) mass is 523 g/mol. The van der Waals surface area contributed by atoms with Gasteiger partial charge in [-0.1, -0.05) is 17.7 Å². The summed E-state index contributed by atoms with van der Waals surface area (Å²) in [6.07, 6.45) is 2.49. The van der Waals surface area contributed by atoms with Crippen molar-refractivity contribution < 1.29 is 27.8 Å². The van der Waals surface area contributed by atoms with Crippen LogP contribution in [0.4, 0.5) is 13.2 Å². The van der Waals surface area contributed by atoms with Crippen molar-refractivity contribution in [2.24, 2.45) is 4.99 Å². The fourth-order valence-corrected chi connectivity index (χ4v) is 5.21. The third-order valence-electron chi connectivity index (χ3n) is 5.83. The number of aromatic nitrogens is 3. The van der Waals surface area contributed by atoms with Crippen molar-refractivity contribution in [1.29, 1.82) is 0 Å². The number of nitrogens with zero attached hydrogens (tertiary/aromatic N) is 5. The molecule has 3 aromatic rings. The van der Waals surface area contributed by atoms with Crippen LogP contribution in [0, 0.1) is 5.82 Å². The van der Waals surface area contributed by atoms with E-state index < -0.39 is 30.0 Å². The molecule has 1 aromatic carbocycles. The maximum absolute atomic E-state index is 13.8. The summed E-state index contributed by atoms with van der Waals surface area (Å²) in [7, 11) is 1.16. The first-order valence-corrected chi connectivity index (χ1v) is 11.6. The number of esters is 1. The number of thiazole rings is 1. The van der Waals surface area contributed by atoms with Gasteiger partial charge in [0.1, 0.15) is 11.9 Å². The summed E-state index contributed by atoms with van der Waals surface area (Å²) in [5.74, 6) is -1.07. The van der Waals surface area contributed by atoms with Gasteiger partial charge in [0.05, 0.1) is 19.3 Å². The highest BCUT2D eigenvalue weighted by Gasteiger charge is 2.51. The molecule has 0 radical (unpaired) electrons. The Kier molecular flexibility index (Phi) is 5.90. The summed E-state index contributed by atoms with van der Waals surface area (Å²) in [5, 5.41) is 17.5. The van der Waals surface area contributed by atoms with Crippen molar-refractivity contribution in [3.05, 3.63) is 74.8 Å². The lowest BCUT2D eigenvalue weighted by Crippen LogP contribution is -2.43. The molecule has 2 atom stereocenters. The van der Waals surface area contributed by atoms with Crippen molar-refractivity contribution in [1.82, 2.24) is 19.7 Å². The molecule has 1 fully saturated rings. The Balaban J connectivity index is 1.76. The average Bonchev–Trinajstić information content (AvgIpc) is 3.57. The smallest absolute Gasteiger partial charge is 0.340 e. The third-order valence-corrected chi connectivity index (χ3v) is 6.92. The summed E-state index contributed by atoms with van der Waals surface area (Å²) in [6.45, 7) is -3.08. The highest BCUT2D eigenvalue weighted by atomic mass is 35.5. The summed E-state index contributed by atoms with van der Waals surface area (Å²) in [6, 6.07) is 4.27. The molecule has 0 spiro atoms. The lowest BCUT2D eigenvalue weighted by molar-refractivity contribution is -0.160. The second kappa shape index (κ2) is 8.77. The Morgan fingerprint density at radius 2 is 2.17 bits per heavy atom. The molecule has 35 heavy (non-hydrogen) atoms. The highest BCUT2D eigenvalue weighted by molar-refractivity contribution is 7.11. The number of hydrogen-bond acceptors (Lipinski definition) is 8. The number of methoxy groups -OCH3 is 1. The molecule has 5 rings (SSSR count). The number of aliphatic hydroxyl groups is 1. The van der Waals surface area contributed by atoms with E-state index in [1.54, 1.807) is 16.5 Å². The van der Waals surface area contributed by atoms with Crippen LogP contribution in [0.15, 0.2) is 52.7 Å². The molecule has 2 aromatic heterocycles. The van der Waals surface area contributed by atoms with E-state index in [2.05, 4.69) is 10.1 Å². The minimum absolute atomic E-state index is 0.0679. The van der Waals surface area contributed by atoms with Crippen LogP contribution < -0.4 is 0 Å². The number of rotatable bonds is 5. The Morgan fingerprint density at radius 3 is 2.80 bits per heavy atom. The quantitative estimate of drug-likeness (QED) is 0.507. The van der Waals surface area contributed by atoms with Crippen LogP contribution in [0.3, 0.4) is 0 Å². The molecule has 4 heterocycles. The van der Waals surface area contributed by atoms with Crippen LogP contribution in [-0.4, -0.2) is 55.8 Å². The number of fused-ring (bicyclic) bond motifs is 1. The van der Waals surface area contributed by atoms with E-state index in [-0.39, 0.29) is 23.7 Å². The second-order valence-electron chi connectivity index (χ2n) is 7.96. The van der Waals surface area contributed by atoms with Crippen LogP contribution in [0.2, 0.25) is 5.02 Å². The number of alkyl halides is 2. The van der Waals surface area contributed by atoms with E-state index in [1.807, 2.05) is 0 Å². The van der Waals surface area contributed by atoms with Gasteiger partial charge in [-0.05, 0) is 18.2 Å². The summed E-state index contributed by atoms with van der Waals surface area (Å²) in [5.41, 5.74) is -0.627. The van der Waals surface area contributed by atoms with Crippen molar-refractivity contribution in [3.8, 4) is 0 Å². The molecule has 0 bridgehead atoms. The summed E-state index contributed by atoms with van der Waals surface area (Å²) >= 11 is 7.67. The number of hydrogen-bond donors (Lipinski definition) is 1. The predicted molar refractivity (Wildman–Crippen MR) is 121 cm³/mol. The molecular formula is C22H17ClF3N5O3S. The number of benzene rings is 1. The first-order valence-electron chi connectivity index (χ1n) is 10.3. The number of ether oxygens (including phenoxy) is 1. The lowest BCUT2D eigenvalue weighted by atomic mass is 9.91. The highest BCUT2D eigenvalue weighted by Crippen LogP contribution is 2.48. The molecule has 0 unspecified atom stereocenters. The molecule has 0 aliphatic carbocycles. The van der Waals surface area contributed by atoms with Crippen LogP contribution in [0.1, 0.15) is 35.3 Å².